The number of carbonyl (C=O) groups excluding carboxylic acids is 1. The molecule has 1 amide bonds. The molecule has 0 saturated heterocycles. The van der Waals surface area contributed by atoms with Crippen LogP contribution in [0.15, 0.2) is 17.9 Å². The van der Waals surface area contributed by atoms with Crippen molar-refractivity contribution >= 4 is 17.2 Å². The third kappa shape index (κ3) is 2.73. The van der Waals surface area contributed by atoms with E-state index in [9.17, 15) is 4.79 Å². The highest BCUT2D eigenvalue weighted by atomic mass is 32.1. The van der Waals surface area contributed by atoms with Crippen molar-refractivity contribution in [1.29, 1.82) is 0 Å². The zero-order valence-corrected chi connectivity index (χ0v) is 12.0. The van der Waals surface area contributed by atoms with Crippen LogP contribution in [0.25, 0.3) is 0 Å². The summed E-state index contributed by atoms with van der Waals surface area (Å²) in [5.41, 5.74) is 2.06. The van der Waals surface area contributed by atoms with Gasteiger partial charge in [-0.3, -0.25) is 10.1 Å². The van der Waals surface area contributed by atoms with Gasteiger partial charge in [-0.15, -0.1) is 11.3 Å². The Labute approximate surface area is 121 Å². The van der Waals surface area contributed by atoms with E-state index in [1.807, 2.05) is 5.38 Å². The van der Waals surface area contributed by atoms with Gasteiger partial charge >= 0.3 is 0 Å². The Morgan fingerprint density at radius 2 is 2.50 bits per heavy atom. The molecule has 7 heteroatoms. The van der Waals surface area contributed by atoms with Gasteiger partial charge in [-0.1, -0.05) is 6.92 Å². The fourth-order valence-electron chi connectivity index (χ4n) is 2.30. The van der Waals surface area contributed by atoms with Crippen LogP contribution in [0, 0.1) is 0 Å². The van der Waals surface area contributed by atoms with Crippen LogP contribution in [-0.2, 0) is 17.8 Å². The van der Waals surface area contributed by atoms with E-state index in [0.717, 1.165) is 16.4 Å². The molecule has 20 heavy (non-hydrogen) atoms. The number of amides is 1. The molecule has 1 aliphatic heterocycles. The summed E-state index contributed by atoms with van der Waals surface area (Å²) in [4.78, 5) is 23.8. The van der Waals surface area contributed by atoms with Crippen LogP contribution in [0.2, 0.25) is 0 Å². The SMILES string of the molecule is CC(CNC(=O)C1Cc2nc[nH]c2CN1)c1nccs1. The summed E-state index contributed by atoms with van der Waals surface area (Å²) in [6, 6.07) is -0.200. The maximum Gasteiger partial charge on any atom is 0.237 e. The van der Waals surface area contributed by atoms with E-state index in [4.69, 9.17) is 0 Å². The summed E-state index contributed by atoms with van der Waals surface area (Å²) in [7, 11) is 0. The van der Waals surface area contributed by atoms with Gasteiger partial charge in [0.1, 0.15) is 0 Å². The molecule has 2 aromatic rings. The molecule has 0 fully saturated rings. The standard InChI is InChI=1S/C13H17N5OS/c1-8(13-14-2-3-20-13)5-16-12(19)10-4-9-11(6-15-10)18-7-17-9/h2-3,7-8,10,15H,4-6H2,1H3,(H,16,19)(H,17,18). The minimum atomic E-state index is -0.200. The minimum Gasteiger partial charge on any atom is -0.354 e. The molecule has 0 aromatic carbocycles. The predicted octanol–water partition coefficient (Wildman–Crippen LogP) is 0.800. The van der Waals surface area contributed by atoms with Gasteiger partial charge < -0.3 is 10.3 Å². The first-order valence-corrected chi connectivity index (χ1v) is 7.53. The fourth-order valence-corrected chi connectivity index (χ4v) is 3.00. The van der Waals surface area contributed by atoms with Crippen LogP contribution in [0.3, 0.4) is 0 Å². The second-order valence-electron chi connectivity index (χ2n) is 4.98. The smallest absolute Gasteiger partial charge is 0.237 e. The number of aromatic nitrogens is 3. The molecule has 2 aromatic heterocycles. The number of H-pyrrole nitrogens is 1. The second-order valence-corrected chi connectivity index (χ2v) is 5.91. The van der Waals surface area contributed by atoms with Crippen molar-refractivity contribution in [3.63, 3.8) is 0 Å². The average Bonchev–Trinajstić information content (AvgIpc) is 3.13. The molecule has 3 rings (SSSR count). The number of rotatable bonds is 4. The van der Waals surface area contributed by atoms with Crippen LogP contribution in [0.4, 0.5) is 0 Å². The van der Waals surface area contributed by atoms with Gasteiger partial charge in [0.05, 0.1) is 28.8 Å². The van der Waals surface area contributed by atoms with Gasteiger partial charge in [0.2, 0.25) is 5.91 Å². The number of aromatic amines is 1. The zero-order chi connectivity index (χ0) is 13.9. The van der Waals surface area contributed by atoms with Crippen LogP contribution in [-0.4, -0.2) is 33.4 Å². The fraction of sp³-hybridized carbons (Fsp3) is 0.462. The molecule has 106 valence electrons. The van der Waals surface area contributed by atoms with Crippen molar-refractivity contribution in [1.82, 2.24) is 25.6 Å². The monoisotopic (exact) mass is 291 g/mol. The van der Waals surface area contributed by atoms with E-state index < -0.39 is 0 Å². The van der Waals surface area contributed by atoms with E-state index in [-0.39, 0.29) is 17.9 Å². The molecule has 6 nitrogen and oxygen atoms in total. The lowest BCUT2D eigenvalue weighted by Crippen LogP contribution is -2.48. The Morgan fingerprint density at radius 1 is 1.60 bits per heavy atom. The topological polar surface area (TPSA) is 82.7 Å². The number of fused-ring (bicyclic) bond motifs is 1. The summed E-state index contributed by atoms with van der Waals surface area (Å²) in [5.74, 6) is 0.269. The molecule has 0 radical (unpaired) electrons. The molecular formula is C13H17N5OS. The predicted molar refractivity (Wildman–Crippen MR) is 76.5 cm³/mol. The van der Waals surface area contributed by atoms with Gasteiger partial charge in [0, 0.05) is 37.0 Å². The molecule has 0 aliphatic carbocycles. The summed E-state index contributed by atoms with van der Waals surface area (Å²) in [6.45, 7) is 3.34. The number of imidazole rings is 1. The van der Waals surface area contributed by atoms with E-state index in [2.05, 4.69) is 32.5 Å². The number of nitrogens with zero attached hydrogens (tertiary/aromatic N) is 2. The largest absolute Gasteiger partial charge is 0.354 e. The van der Waals surface area contributed by atoms with Crippen molar-refractivity contribution in [3.8, 4) is 0 Å². The van der Waals surface area contributed by atoms with E-state index in [1.54, 1.807) is 23.9 Å². The molecule has 0 spiro atoms. The second kappa shape index (κ2) is 5.72. The first-order valence-electron chi connectivity index (χ1n) is 6.65. The van der Waals surface area contributed by atoms with Gasteiger partial charge in [-0.2, -0.15) is 0 Å². The number of nitrogens with one attached hydrogen (secondary N) is 3. The first-order chi connectivity index (χ1) is 9.74. The summed E-state index contributed by atoms with van der Waals surface area (Å²) in [5, 5.41) is 9.22. The maximum absolute atomic E-state index is 12.2. The van der Waals surface area contributed by atoms with Gasteiger partial charge in [-0.25, -0.2) is 9.97 Å². The Kier molecular flexibility index (Phi) is 3.79. The van der Waals surface area contributed by atoms with Crippen molar-refractivity contribution in [3.05, 3.63) is 34.3 Å². The van der Waals surface area contributed by atoms with Gasteiger partial charge in [0.15, 0.2) is 0 Å². The molecule has 2 atom stereocenters. The Bertz CT molecular complexity index is 579. The van der Waals surface area contributed by atoms with Crippen LogP contribution in [0.1, 0.15) is 29.2 Å². The van der Waals surface area contributed by atoms with E-state index in [1.165, 1.54) is 0 Å². The number of thiazole rings is 1. The highest BCUT2D eigenvalue weighted by Gasteiger charge is 2.25. The Balaban J connectivity index is 1.53. The Hall–Kier alpha value is -1.73. The molecule has 2 unspecified atom stereocenters. The normalized spacial score (nSPS) is 19.4. The van der Waals surface area contributed by atoms with E-state index >= 15 is 0 Å². The maximum atomic E-state index is 12.2. The van der Waals surface area contributed by atoms with E-state index in [0.29, 0.717) is 19.5 Å². The Morgan fingerprint density at radius 3 is 3.30 bits per heavy atom. The highest BCUT2D eigenvalue weighted by molar-refractivity contribution is 7.09. The van der Waals surface area contributed by atoms with Crippen molar-refractivity contribution in [2.24, 2.45) is 0 Å². The van der Waals surface area contributed by atoms with Crippen LogP contribution < -0.4 is 10.6 Å². The van der Waals surface area contributed by atoms with Crippen LogP contribution in [0.5, 0.6) is 0 Å². The van der Waals surface area contributed by atoms with Gasteiger partial charge in [-0.05, 0) is 0 Å². The first kappa shape index (κ1) is 13.3. The highest BCUT2D eigenvalue weighted by Crippen LogP contribution is 2.17. The zero-order valence-electron chi connectivity index (χ0n) is 11.2. The molecular weight excluding hydrogens is 274 g/mol. The molecule has 0 saturated carbocycles. The third-order valence-electron chi connectivity index (χ3n) is 3.50. The van der Waals surface area contributed by atoms with Crippen molar-refractivity contribution < 1.29 is 4.79 Å². The average molecular weight is 291 g/mol. The van der Waals surface area contributed by atoms with Crippen molar-refractivity contribution in [2.45, 2.75) is 31.8 Å². The van der Waals surface area contributed by atoms with Crippen LogP contribution >= 0.6 is 11.3 Å². The number of hydrogen-bond acceptors (Lipinski definition) is 5. The lowest BCUT2D eigenvalue weighted by molar-refractivity contribution is -0.123. The summed E-state index contributed by atoms with van der Waals surface area (Å²) < 4.78 is 0. The minimum absolute atomic E-state index is 0.0297. The molecule has 3 N–H and O–H groups in total. The quantitative estimate of drug-likeness (QED) is 0.778. The summed E-state index contributed by atoms with van der Waals surface area (Å²) >= 11 is 1.62. The summed E-state index contributed by atoms with van der Waals surface area (Å²) in [6.07, 6.45) is 4.10. The molecule has 3 heterocycles. The molecule has 1 aliphatic rings. The van der Waals surface area contributed by atoms with Crippen molar-refractivity contribution in [2.75, 3.05) is 6.54 Å². The molecule has 0 bridgehead atoms. The number of carbonyl (C=O) groups is 1. The lowest BCUT2D eigenvalue weighted by atomic mass is 10.0. The lowest BCUT2D eigenvalue weighted by Gasteiger charge is -2.22. The third-order valence-corrected chi connectivity index (χ3v) is 4.51. The van der Waals surface area contributed by atoms with Gasteiger partial charge in [0.25, 0.3) is 0 Å². The number of hydrogen-bond donors (Lipinski definition) is 3.